The van der Waals surface area contributed by atoms with E-state index < -0.39 is 12.3 Å². The molecule has 1 fully saturated rings. The van der Waals surface area contributed by atoms with E-state index in [4.69, 9.17) is 9.47 Å². The number of amides is 1. The average Bonchev–Trinajstić information content (AvgIpc) is 3.51. The van der Waals surface area contributed by atoms with Crippen LogP contribution in [0.5, 0.6) is 11.5 Å². The van der Waals surface area contributed by atoms with Crippen LogP contribution in [0.25, 0.3) is 5.65 Å². The van der Waals surface area contributed by atoms with E-state index in [1.807, 2.05) is 12.1 Å². The van der Waals surface area contributed by atoms with Gasteiger partial charge in [-0.15, -0.1) is 0 Å². The molecular weight excluding hydrogens is 394 g/mol. The second kappa shape index (κ2) is 8.25. The van der Waals surface area contributed by atoms with Crippen LogP contribution in [-0.4, -0.2) is 41.3 Å². The number of rotatable bonds is 8. The van der Waals surface area contributed by atoms with Crippen LogP contribution in [-0.2, 0) is 6.42 Å². The number of nitrogens with zero attached hydrogens (tertiary/aromatic N) is 3. The zero-order valence-electron chi connectivity index (χ0n) is 16.7. The SMILES string of the molecule is COc1ccc(CCNC(=O)c2cnn3c(C(F)F)cc(C4CC4)nc23)cc1OC. The summed E-state index contributed by atoms with van der Waals surface area (Å²) in [5.41, 5.74) is 1.66. The molecule has 158 valence electrons. The van der Waals surface area contributed by atoms with E-state index in [1.165, 1.54) is 12.3 Å². The lowest BCUT2D eigenvalue weighted by Crippen LogP contribution is -2.25. The Morgan fingerprint density at radius 3 is 2.67 bits per heavy atom. The number of nitrogens with one attached hydrogen (secondary N) is 1. The van der Waals surface area contributed by atoms with Crippen molar-refractivity contribution in [1.29, 1.82) is 0 Å². The Balaban J connectivity index is 1.50. The van der Waals surface area contributed by atoms with Gasteiger partial charge in [0.25, 0.3) is 12.3 Å². The van der Waals surface area contributed by atoms with E-state index in [0.717, 1.165) is 22.9 Å². The van der Waals surface area contributed by atoms with Crippen LogP contribution >= 0.6 is 0 Å². The van der Waals surface area contributed by atoms with Crippen LogP contribution in [0, 0.1) is 0 Å². The predicted molar refractivity (Wildman–Crippen MR) is 106 cm³/mol. The number of hydrogen-bond acceptors (Lipinski definition) is 5. The topological polar surface area (TPSA) is 77.8 Å². The smallest absolute Gasteiger partial charge is 0.280 e. The van der Waals surface area contributed by atoms with Gasteiger partial charge >= 0.3 is 0 Å². The van der Waals surface area contributed by atoms with Crippen molar-refractivity contribution >= 4 is 11.6 Å². The van der Waals surface area contributed by atoms with Crippen molar-refractivity contribution in [3.8, 4) is 11.5 Å². The molecule has 1 amide bonds. The quantitative estimate of drug-likeness (QED) is 0.608. The number of benzene rings is 1. The monoisotopic (exact) mass is 416 g/mol. The van der Waals surface area contributed by atoms with Crippen molar-refractivity contribution in [3.63, 3.8) is 0 Å². The fraction of sp³-hybridized carbons (Fsp3) is 0.381. The first kappa shape index (κ1) is 20.1. The molecule has 2 aromatic heterocycles. The van der Waals surface area contributed by atoms with Crippen molar-refractivity contribution < 1.29 is 23.0 Å². The van der Waals surface area contributed by atoms with E-state index in [0.29, 0.717) is 30.2 Å². The van der Waals surface area contributed by atoms with E-state index in [9.17, 15) is 13.6 Å². The largest absolute Gasteiger partial charge is 0.493 e. The Kier molecular flexibility index (Phi) is 5.52. The third kappa shape index (κ3) is 3.92. The van der Waals surface area contributed by atoms with Gasteiger partial charge in [0.1, 0.15) is 11.3 Å². The molecular formula is C21H22F2N4O3. The van der Waals surface area contributed by atoms with E-state index >= 15 is 0 Å². The van der Waals surface area contributed by atoms with Crippen LogP contribution in [0.2, 0.25) is 0 Å². The van der Waals surface area contributed by atoms with Crippen molar-refractivity contribution in [2.24, 2.45) is 0 Å². The van der Waals surface area contributed by atoms with Crippen LogP contribution < -0.4 is 14.8 Å². The summed E-state index contributed by atoms with van der Waals surface area (Å²) in [6.07, 6.45) is 0.999. The Bertz CT molecular complexity index is 1080. The lowest BCUT2D eigenvalue weighted by Gasteiger charge is -2.10. The Hall–Kier alpha value is -3.23. The van der Waals surface area contributed by atoms with Crippen LogP contribution in [0.1, 0.15) is 52.5 Å². The maximum Gasteiger partial charge on any atom is 0.280 e. The van der Waals surface area contributed by atoms with Gasteiger partial charge in [0.05, 0.1) is 20.4 Å². The number of carbonyl (C=O) groups excluding carboxylic acids is 1. The molecule has 30 heavy (non-hydrogen) atoms. The predicted octanol–water partition coefficient (Wildman–Crippen LogP) is 3.53. The molecule has 0 radical (unpaired) electrons. The maximum absolute atomic E-state index is 13.5. The highest BCUT2D eigenvalue weighted by Crippen LogP contribution is 2.40. The minimum Gasteiger partial charge on any atom is -0.493 e. The van der Waals surface area contributed by atoms with Crippen molar-refractivity contribution in [3.05, 3.63) is 53.0 Å². The standard InChI is InChI=1S/C21H22F2N4O3/c1-29-17-6-3-12(9-18(17)30-2)7-8-24-21(28)14-11-25-27-16(19(22)23)10-15(13-4-5-13)26-20(14)27/h3,6,9-11,13,19H,4-5,7-8H2,1-2H3,(H,24,28). The highest BCUT2D eigenvalue weighted by atomic mass is 19.3. The number of fused-ring (bicyclic) bond motifs is 1. The molecule has 3 aromatic rings. The second-order valence-electron chi connectivity index (χ2n) is 7.17. The molecule has 7 nitrogen and oxygen atoms in total. The van der Waals surface area contributed by atoms with E-state index in [2.05, 4.69) is 15.4 Å². The summed E-state index contributed by atoms with van der Waals surface area (Å²) in [4.78, 5) is 17.1. The van der Waals surface area contributed by atoms with Crippen LogP contribution in [0.15, 0.2) is 30.5 Å². The molecule has 1 aliphatic rings. The number of aromatic nitrogens is 3. The number of methoxy groups -OCH3 is 2. The molecule has 1 aromatic carbocycles. The summed E-state index contributed by atoms with van der Waals surface area (Å²) >= 11 is 0. The van der Waals surface area contributed by atoms with E-state index in [1.54, 1.807) is 20.3 Å². The van der Waals surface area contributed by atoms with Gasteiger partial charge in [-0.2, -0.15) is 5.10 Å². The van der Waals surface area contributed by atoms with Crippen LogP contribution in [0.4, 0.5) is 8.78 Å². The zero-order chi connectivity index (χ0) is 21.3. The van der Waals surface area contributed by atoms with Gasteiger partial charge in [-0.3, -0.25) is 4.79 Å². The Morgan fingerprint density at radius 1 is 1.23 bits per heavy atom. The number of halogens is 2. The number of hydrogen-bond donors (Lipinski definition) is 1. The average molecular weight is 416 g/mol. The van der Waals surface area contributed by atoms with Crippen molar-refractivity contribution in [1.82, 2.24) is 19.9 Å². The first-order valence-corrected chi connectivity index (χ1v) is 9.67. The van der Waals surface area contributed by atoms with Gasteiger partial charge in [-0.1, -0.05) is 6.07 Å². The van der Waals surface area contributed by atoms with Gasteiger partial charge < -0.3 is 14.8 Å². The normalized spacial score (nSPS) is 13.6. The summed E-state index contributed by atoms with van der Waals surface area (Å²) in [6, 6.07) is 6.93. The molecule has 9 heteroatoms. The first-order chi connectivity index (χ1) is 14.5. The van der Waals surface area contributed by atoms with Crippen LogP contribution in [0.3, 0.4) is 0 Å². The molecule has 0 spiro atoms. The number of carbonyl (C=O) groups is 1. The summed E-state index contributed by atoms with van der Waals surface area (Å²) in [5, 5.41) is 6.79. The highest BCUT2D eigenvalue weighted by Gasteiger charge is 2.29. The Labute approximate surface area is 172 Å². The fourth-order valence-corrected chi connectivity index (χ4v) is 3.36. The molecule has 0 saturated heterocycles. The molecule has 1 saturated carbocycles. The molecule has 4 rings (SSSR count). The van der Waals surface area contributed by atoms with E-state index in [-0.39, 0.29) is 22.8 Å². The molecule has 0 aliphatic heterocycles. The van der Waals surface area contributed by atoms with Gasteiger partial charge in [0.2, 0.25) is 0 Å². The Morgan fingerprint density at radius 2 is 2.00 bits per heavy atom. The summed E-state index contributed by atoms with van der Waals surface area (Å²) in [5.74, 6) is 1.03. The lowest BCUT2D eigenvalue weighted by molar-refractivity contribution is 0.0955. The third-order valence-corrected chi connectivity index (χ3v) is 5.13. The van der Waals surface area contributed by atoms with Gasteiger partial charge in [0, 0.05) is 18.2 Å². The minimum atomic E-state index is -2.70. The molecule has 0 bridgehead atoms. The van der Waals surface area contributed by atoms with Gasteiger partial charge in [-0.25, -0.2) is 18.3 Å². The molecule has 2 heterocycles. The lowest BCUT2D eigenvalue weighted by atomic mass is 10.1. The molecule has 0 unspecified atom stereocenters. The summed E-state index contributed by atoms with van der Waals surface area (Å²) < 4.78 is 38.5. The molecule has 1 aliphatic carbocycles. The molecule has 1 N–H and O–H groups in total. The minimum absolute atomic E-state index is 0.165. The van der Waals surface area contributed by atoms with Gasteiger partial charge in [0.15, 0.2) is 17.1 Å². The fourth-order valence-electron chi connectivity index (χ4n) is 3.36. The molecule has 0 atom stereocenters. The van der Waals surface area contributed by atoms with Gasteiger partial charge in [-0.05, 0) is 43.0 Å². The third-order valence-electron chi connectivity index (χ3n) is 5.13. The highest BCUT2D eigenvalue weighted by molar-refractivity contribution is 5.99. The maximum atomic E-state index is 13.5. The second-order valence-corrected chi connectivity index (χ2v) is 7.17. The summed E-state index contributed by atoms with van der Waals surface area (Å²) in [6.45, 7) is 0.357. The zero-order valence-corrected chi connectivity index (χ0v) is 16.7. The number of alkyl halides is 2. The van der Waals surface area contributed by atoms with Crippen molar-refractivity contribution in [2.45, 2.75) is 31.6 Å². The number of ether oxygens (including phenoxy) is 2. The summed E-state index contributed by atoms with van der Waals surface area (Å²) in [7, 11) is 3.13. The van der Waals surface area contributed by atoms with Crippen molar-refractivity contribution in [2.75, 3.05) is 20.8 Å². The first-order valence-electron chi connectivity index (χ1n) is 9.67.